The van der Waals surface area contributed by atoms with Gasteiger partial charge in [0.15, 0.2) is 0 Å². The molecule has 0 aromatic heterocycles. The van der Waals surface area contributed by atoms with Crippen molar-refractivity contribution < 1.29 is 9.84 Å². The van der Waals surface area contributed by atoms with E-state index in [1.807, 2.05) is 0 Å². The molecule has 2 atom stereocenters. The maximum Gasteiger partial charge on any atom is 0.119 e. The first-order valence-corrected chi connectivity index (χ1v) is 7.42. The lowest BCUT2D eigenvalue weighted by molar-refractivity contribution is 0.0732. The molecule has 4 rings (SSSR count). The number of hydrogen-bond donors (Lipinski definition) is 1. The zero-order valence-corrected chi connectivity index (χ0v) is 12.1. The Labute approximate surface area is 119 Å². The van der Waals surface area contributed by atoms with Gasteiger partial charge >= 0.3 is 0 Å². The molecule has 3 aliphatic rings. The van der Waals surface area contributed by atoms with Gasteiger partial charge in [-0.3, -0.25) is 0 Å². The summed E-state index contributed by atoms with van der Waals surface area (Å²) >= 11 is 0. The number of benzene rings is 1. The van der Waals surface area contributed by atoms with E-state index in [2.05, 4.69) is 31.2 Å². The number of hydrogen-bond acceptors (Lipinski definition) is 2. The molecule has 1 N–H and O–H groups in total. The van der Waals surface area contributed by atoms with Gasteiger partial charge in [0.05, 0.1) is 13.2 Å². The lowest BCUT2D eigenvalue weighted by Crippen LogP contribution is -2.32. The summed E-state index contributed by atoms with van der Waals surface area (Å²) in [7, 11) is 1.72. The van der Waals surface area contributed by atoms with Gasteiger partial charge in [-0.25, -0.2) is 0 Å². The van der Waals surface area contributed by atoms with Gasteiger partial charge in [0.1, 0.15) is 5.75 Å². The van der Waals surface area contributed by atoms with Crippen LogP contribution in [0.1, 0.15) is 37.3 Å². The van der Waals surface area contributed by atoms with Gasteiger partial charge in [-0.05, 0) is 65.7 Å². The molecule has 104 valence electrons. The number of rotatable bonds is 1. The first kappa shape index (κ1) is 12.2. The Balaban J connectivity index is 1.80. The largest absolute Gasteiger partial charge is 0.497 e. The van der Waals surface area contributed by atoms with E-state index in [-0.39, 0.29) is 11.5 Å². The number of fused-ring (bicyclic) bond motifs is 4. The molecular formula is C18H20O2. The molecule has 2 nitrogen and oxygen atoms in total. The van der Waals surface area contributed by atoms with Crippen LogP contribution in [-0.2, 0) is 6.42 Å². The highest BCUT2D eigenvalue weighted by Gasteiger charge is 2.46. The third kappa shape index (κ3) is 1.43. The summed E-state index contributed by atoms with van der Waals surface area (Å²) in [5.41, 5.74) is 7.12. The molecule has 2 heteroatoms. The monoisotopic (exact) mass is 268 g/mol. The number of aliphatic hydroxyl groups excluding tert-OH is 1. The number of aliphatic hydroxyl groups is 1. The second-order valence-electron chi connectivity index (χ2n) is 6.44. The van der Waals surface area contributed by atoms with Crippen LogP contribution in [0.15, 0.2) is 35.4 Å². The quantitative estimate of drug-likeness (QED) is 0.844. The number of allylic oxidation sites excluding steroid dienone is 2. The summed E-state index contributed by atoms with van der Waals surface area (Å²) in [6.07, 6.45) is 6.01. The molecule has 1 aromatic rings. The molecule has 1 aromatic carbocycles. The molecule has 0 radical (unpaired) electrons. The number of ether oxygens (including phenoxy) is 1. The van der Waals surface area contributed by atoms with Crippen molar-refractivity contribution in [2.24, 2.45) is 5.41 Å². The smallest absolute Gasteiger partial charge is 0.119 e. The van der Waals surface area contributed by atoms with Crippen LogP contribution >= 0.6 is 0 Å². The molecule has 0 heterocycles. The molecule has 3 aliphatic carbocycles. The van der Waals surface area contributed by atoms with E-state index < -0.39 is 0 Å². The maximum atomic E-state index is 10.3. The van der Waals surface area contributed by atoms with Gasteiger partial charge in [0.25, 0.3) is 0 Å². The molecular weight excluding hydrogens is 248 g/mol. The molecule has 0 aliphatic heterocycles. The predicted molar refractivity (Wildman–Crippen MR) is 79.7 cm³/mol. The zero-order valence-electron chi connectivity index (χ0n) is 12.1. The van der Waals surface area contributed by atoms with Crippen molar-refractivity contribution in [2.45, 2.75) is 38.7 Å². The lowest BCUT2D eigenvalue weighted by atomic mass is 9.69. The third-order valence-electron chi connectivity index (χ3n) is 5.48. The van der Waals surface area contributed by atoms with Crippen LogP contribution in [0.25, 0.3) is 5.57 Å². The van der Waals surface area contributed by atoms with Gasteiger partial charge in [-0.1, -0.05) is 19.1 Å². The van der Waals surface area contributed by atoms with Crippen molar-refractivity contribution in [3.8, 4) is 5.75 Å². The first-order chi connectivity index (χ1) is 9.63. The van der Waals surface area contributed by atoms with Gasteiger partial charge in [0.2, 0.25) is 0 Å². The van der Waals surface area contributed by atoms with Crippen molar-refractivity contribution in [3.63, 3.8) is 0 Å². The van der Waals surface area contributed by atoms with Crippen LogP contribution in [0, 0.1) is 5.41 Å². The van der Waals surface area contributed by atoms with Crippen molar-refractivity contribution in [1.82, 2.24) is 0 Å². The fourth-order valence-electron chi connectivity index (χ4n) is 4.20. The Kier molecular flexibility index (Phi) is 2.43. The molecule has 0 unspecified atom stereocenters. The van der Waals surface area contributed by atoms with Crippen molar-refractivity contribution in [2.75, 3.05) is 7.11 Å². The normalized spacial score (nSPS) is 30.8. The average Bonchev–Trinajstić information content (AvgIpc) is 2.96. The molecule has 0 saturated carbocycles. The molecule has 0 bridgehead atoms. The highest BCUT2D eigenvalue weighted by atomic mass is 16.5. The lowest BCUT2D eigenvalue weighted by Gasteiger charge is -2.37. The van der Waals surface area contributed by atoms with Crippen LogP contribution in [0.4, 0.5) is 0 Å². The highest BCUT2D eigenvalue weighted by Crippen LogP contribution is 2.56. The van der Waals surface area contributed by atoms with E-state index in [0.29, 0.717) is 0 Å². The van der Waals surface area contributed by atoms with Crippen LogP contribution < -0.4 is 4.74 Å². The summed E-state index contributed by atoms with van der Waals surface area (Å²) in [6, 6.07) is 6.42. The Morgan fingerprint density at radius 1 is 1.30 bits per heavy atom. The topological polar surface area (TPSA) is 29.5 Å². The van der Waals surface area contributed by atoms with Crippen molar-refractivity contribution >= 4 is 5.57 Å². The molecule has 0 saturated heterocycles. The molecule has 0 spiro atoms. The second kappa shape index (κ2) is 3.98. The van der Waals surface area contributed by atoms with Gasteiger partial charge in [-0.15, -0.1) is 0 Å². The summed E-state index contributed by atoms with van der Waals surface area (Å²) in [6.45, 7) is 2.23. The Bertz CT molecular complexity index is 653. The Hall–Kier alpha value is -1.54. The van der Waals surface area contributed by atoms with Gasteiger partial charge < -0.3 is 9.84 Å². The van der Waals surface area contributed by atoms with Crippen LogP contribution in [-0.4, -0.2) is 18.3 Å². The Morgan fingerprint density at radius 3 is 2.95 bits per heavy atom. The summed E-state index contributed by atoms with van der Waals surface area (Å²) in [5, 5.41) is 10.3. The van der Waals surface area contributed by atoms with E-state index in [0.717, 1.165) is 31.4 Å². The maximum absolute atomic E-state index is 10.3. The standard InChI is InChI=1S/C18H20O2/c1-18-8-7-14-13-4-3-12(20-2)9-11(13)10-15(14)16(18)5-6-17(18)19/h3-5,9,17,19H,6-8,10H2,1-2H3/t17-,18+/m1/s1. The summed E-state index contributed by atoms with van der Waals surface area (Å²) in [4.78, 5) is 0. The minimum absolute atomic E-state index is 0.0229. The van der Waals surface area contributed by atoms with E-state index in [4.69, 9.17) is 4.74 Å². The molecule has 0 amide bonds. The van der Waals surface area contributed by atoms with E-state index in [1.165, 1.54) is 27.8 Å². The average molecular weight is 268 g/mol. The minimum atomic E-state index is -0.204. The fraction of sp³-hybridized carbons (Fsp3) is 0.444. The van der Waals surface area contributed by atoms with Crippen molar-refractivity contribution in [1.29, 1.82) is 0 Å². The van der Waals surface area contributed by atoms with Gasteiger partial charge in [0, 0.05) is 5.41 Å². The molecule has 0 fully saturated rings. The third-order valence-corrected chi connectivity index (χ3v) is 5.48. The van der Waals surface area contributed by atoms with E-state index >= 15 is 0 Å². The fourth-order valence-corrected chi connectivity index (χ4v) is 4.20. The number of methoxy groups -OCH3 is 1. The minimum Gasteiger partial charge on any atom is -0.497 e. The van der Waals surface area contributed by atoms with Crippen LogP contribution in [0.3, 0.4) is 0 Å². The SMILES string of the molecule is COc1ccc2c(c1)CC1=C2CC[C@@]2(C)C1=CC[C@H]2O. The first-order valence-electron chi connectivity index (χ1n) is 7.42. The Morgan fingerprint density at radius 2 is 2.15 bits per heavy atom. The summed E-state index contributed by atoms with van der Waals surface area (Å²) in [5.74, 6) is 0.937. The van der Waals surface area contributed by atoms with E-state index in [9.17, 15) is 5.11 Å². The predicted octanol–water partition coefficient (Wildman–Crippen LogP) is 3.50. The second-order valence-corrected chi connectivity index (χ2v) is 6.44. The van der Waals surface area contributed by atoms with Crippen molar-refractivity contribution in [3.05, 3.63) is 46.5 Å². The highest BCUT2D eigenvalue weighted by molar-refractivity contribution is 5.82. The summed E-state index contributed by atoms with van der Waals surface area (Å²) < 4.78 is 5.34. The van der Waals surface area contributed by atoms with Gasteiger partial charge in [-0.2, -0.15) is 0 Å². The van der Waals surface area contributed by atoms with Crippen LogP contribution in [0.5, 0.6) is 5.75 Å². The zero-order chi connectivity index (χ0) is 13.9. The van der Waals surface area contributed by atoms with Crippen LogP contribution in [0.2, 0.25) is 0 Å². The molecule has 20 heavy (non-hydrogen) atoms. The van der Waals surface area contributed by atoms with E-state index in [1.54, 1.807) is 7.11 Å².